The van der Waals surface area contributed by atoms with E-state index >= 15 is 0 Å². The van der Waals surface area contributed by atoms with Gasteiger partial charge in [0.15, 0.2) is 9.84 Å². The zero-order chi connectivity index (χ0) is 21.7. The van der Waals surface area contributed by atoms with Crippen molar-refractivity contribution < 1.29 is 22.0 Å². The maximum absolute atomic E-state index is 14.9. The van der Waals surface area contributed by atoms with Crippen molar-refractivity contribution >= 4 is 38.4 Å². The number of hydrogen-bond acceptors (Lipinski definition) is 5. The van der Waals surface area contributed by atoms with Crippen molar-refractivity contribution in [3.63, 3.8) is 0 Å². The van der Waals surface area contributed by atoms with Crippen molar-refractivity contribution in [3.8, 4) is 5.69 Å². The molecule has 0 atom stereocenters. The normalized spacial score (nSPS) is 16.9. The summed E-state index contributed by atoms with van der Waals surface area (Å²) in [6.45, 7) is -0.462. The molecule has 160 valence electrons. The minimum atomic E-state index is -3.70. The fraction of sp³-hybridized carbons (Fsp3) is 0.389. The van der Waals surface area contributed by atoms with Crippen LogP contribution >= 0.6 is 11.6 Å². The number of halogens is 3. The van der Waals surface area contributed by atoms with E-state index in [-0.39, 0.29) is 35.3 Å². The Hall–Kier alpha value is -2.53. The molecular weight excluding hydrogens is 440 g/mol. The summed E-state index contributed by atoms with van der Waals surface area (Å²) < 4.78 is 56.0. The summed E-state index contributed by atoms with van der Waals surface area (Å²) in [6, 6.07) is 3.08. The molecule has 30 heavy (non-hydrogen) atoms. The predicted molar refractivity (Wildman–Crippen MR) is 107 cm³/mol. The molecule has 0 N–H and O–H groups in total. The first-order valence-corrected chi connectivity index (χ1v) is 11.3. The van der Waals surface area contributed by atoms with E-state index in [9.17, 15) is 22.0 Å². The van der Waals surface area contributed by atoms with E-state index in [2.05, 4.69) is 10.1 Å². The van der Waals surface area contributed by atoms with Crippen molar-refractivity contribution in [2.45, 2.75) is 12.3 Å². The van der Waals surface area contributed by atoms with Crippen LogP contribution in [0.25, 0.3) is 16.7 Å². The summed E-state index contributed by atoms with van der Waals surface area (Å²) in [4.78, 5) is 17.6. The van der Waals surface area contributed by atoms with Crippen molar-refractivity contribution in [3.05, 3.63) is 41.4 Å². The first-order valence-electron chi connectivity index (χ1n) is 9.09. The third-order valence-electron chi connectivity index (χ3n) is 5.03. The number of carbonyl (C=O) groups is 1. The van der Waals surface area contributed by atoms with E-state index in [4.69, 9.17) is 11.6 Å². The number of fused-ring (bicyclic) bond motifs is 1. The molecule has 4 rings (SSSR count). The maximum atomic E-state index is 14.9. The molecule has 0 saturated carbocycles. The van der Waals surface area contributed by atoms with Crippen LogP contribution in [0.1, 0.15) is 5.56 Å². The first-order chi connectivity index (χ1) is 14.1. The number of aromatic nitrogens is 4. The first kappa shape index (κ1) is 20.7. The minimum absolute atomic E-state index is 0.203. The van der Waals surface area contributed by atoms with Crippen molar-refractivity contribution in [2.75, 3.05) is 24.6 Å². The second-order valence-corrected chi connectivity index (χ2v) is 9.92. The number of sulfone groups is 1. The molecule has 1 fully saturated rings. The molecule has 3 aromatic heterocycles. The van der Waals surface area contributed by atoms with Gasteiger partial charge in [-0.1, -0.05) is 11.6 Å². The molecule has 4 heterocycles. The van der Waals surface area contributed by atoms with Crippen LogP contribution in [0, 0.1) is 0 Å². The molecule has 0 aliphatic carbocycles. The standard InChI is InChI=1S/C18H18ClF2N5O3S/c1-24-11-13(9-22-24)26-10-12(14-2-3-15(19)23-16(14)26)8-18(20,21)17(27)25-4-6-30(28,29)7-5-25/h2-3,9-11H,4-8H2,1H3. The van der Waals surface area contributed by atoms with E-state index in [1.165, 1.54) is 12.3 Å². The van der Waals surface area contributed by atoms with Crippen molar-refractivity contribution in [2.24, 2.45) is 7.05 Å². The lowest BCUT2D eigenvalue weighted by Gasteiger charge is -2.30. The van der Waals surface area contributed by atoms with E-state index in [1.54, 1.807) is 34.8 Å². The van der Waals surface area contributed by atoms with Gasteiger partial charge in [-0.3, -0.25) is 14.0 Å². The molecule has 0 radical (unpaired) electrons. The van der Waals surface area contributed by atoms with E-state index in [0.29, 0.717) is 16.7 Å². The van der Waals surface area contributed by atoms with Gasteiger partial charge in [-0.15, -0.1) is 0 Å². The highest BCUT2D eigenvalue weighted by Crippen LogP contribution is 2.31. The summed E-state index contributed by atoms with van der Waals surface area (Å²) in [5.41, 5.74) is 1.21. The van der Waals surface area contributed by atoms with Crippen LogP contribution in [0.15, 0.2) is 30.7 Å². The van der Waals surface area contributed by atoms with Gasteiger partial charge < -0.3 is 4.90 Å². The van der Waals surface area contributed by atoms with Crippen molar-refractivity contribution in [1.29, 1.82) is 0 Å². The van der Waals surface area contributed by atoms with Gasteiger partial charge in [0, 0.05) is 44.3 Å². The van der Waals surface area contributed by atoms with Crippen LogP contribution in [0.5, 0.6) is 0 Å². The topological polar surface area (TPSA) is 90.1 Å². The van der Waals surface area contributed by atoms with Gasteiger partial charge in [0.2, 0.25) is 0 Å². The van der Waals surface area contributed by atoms with E-state index in [0.717, 1.165) is 4.90 Å². The molecule has 3 aromatic rings. The van der Waals surface area contributed by atoms with Gasteiger partial charge in [-0.05, 0) is 17.7 Å². The lowest BCUT2D eigenvalue weighted by atomic mass is 10.1. The van der Waals surface area contributed by atoms with Crippen LogP contribution in [0.2, 0.25) is 5.15 Å². The van der Waals surface area contributed by atoms with Crippen molar-refractivity contribution in [1.82, 2.24) is 24.2 Å². The minimum Gasteiger partial charge on any atom is -0.335 e. The molecule has 0 unspecified atom stereocenters. The van der Waals surface area contributed by atoms with Gasteiger partial charge in [0.1, 0.15) is 10.8 Å². The smallest absolute Gasteiger partial charge is 0.328 e. The number of alkyl halides is 2. The average Bonchev–Trinajstić information content (AvgIpc) is 3.24. The largest absolute Gasteiger partial charge is 0.335 e. The zero-order valence-electron chi connectivity index (χ0n) is 15.9. The van der Waals surface area contributed by atoms with Crippen LogP contribution in [0.4, 0.5) is 8.78 Å². The highest BCUT2D eigenvalue weighted by Gasteiger charge is 2.44. The quantitative estimate of drug-likeness (QED) is 0.558. The SMILES string of the molecule is Cn1cc(-n2cc(CC(F)(F)C(=O)N3CCS(=O)(=O)CC3)c3ccc(Cl)nc32)cn1. The van der Waals surface area contributed by atoms with Crippen LogP contribution in [-0.4, -0.2) is 69.1 Å². The van der Waals surface area contributed by atoms with Gasteiger partial charge in [-0.2, -0.15) is 13.9 Å². The number of amides is 1. The fourth-order valence-corrected chi connectivity index (χ4v) is 4.82. The van der Waals surface area contributed by atoms with Crippen LogP contribution in [0.3, 0.4) is 0 Å². The number of hydrogen-bond donors (Lipinski definition) is 0. The highest BCUT2D eigenvalue weighted by atomic mass is 35.5. The molecule has 0 spiro atoms. The Morgan fingerprint density at radius 2 is 1.93 bits per heavy atom. The molecule has 8 nitrogen and oxygen atoms in total. The Labute approximate surface area is 176 Å². The average molecular weight is 458 g/mol. The molecular formula is C18H18ClF2N5O3S. The molecule has 0 bridgehead atoms. The number of pyridine rings is 1. The number of nitrogens with zero attached hydrogens (tertiary/aromatic N) is 5. The molecule has 0 aromatic carbocycles. The summed E-state index contributed by atoms with van der Waals surface area (Å²) >= 11 is 6.00. The number of aryl methyl sites for hydroxylation is 1. The summed E-state index contributed by atoms with van der Waals surface area (Å²) in [5.74, 6) is -5.69. The number of rotatable bonds is 4. The Morgan fingerprint density at radius 3 is 2.57 bits per heavy atom. The lowest BCUT2D eigenvalue weighted by Crippen LogP contribution is -2.51. The van der Waals surface area contributed by atoms with Crippen LogP contribution in [-0.2, 0) is 28.1 Å². The molecule has 1 saturated heterocycles. The Bertz CT molecular complexity index is 1220. The third kappa shape index (κ3) is 3.91. The highest BCUT2D eigenvalue weighted by molar-refractivity contribution is 7.91. The van der Waals surface area contributed by atoms with Gasteiger partial charge in [0.25, 0.3) is 5.91 Å². The molecule has 1 aliphatic rings. The summed E-state index contributed by atoms with van der Waals surface area (Å²) in [5, 5.41) is 4.73. The fourth-order valence-electron chi connectivity index (χ4n) is 3.48. The summed E-state index contributed by atoms with van der Waals surface area (Å²) in [7, 11) is -1.56. The van der Waals surface area contributed by atoms with Crippen LogP contribution < -0.4 is 0 Å². The Morgan fingerprint density at radius 1 is 1.23 bits per heavy atom. The van der Waals surface area contributed by atoms with E-state index in [1.807, 2.05) is 0 Å². The van der Waals surface area contributed by atoms with Gasteiger partial charge >= 0.3 is 5.92 Å². The molecule has 1 aliphatic heterocycles. The Balaban J connectivity index is 1.67. The monoisotopic (exact) mass is 457 g/mol. The molecule has 12 heteroatoms. The second-order valence-electron chi connectivity index (χ2n) is 7.23. The lowest BCUT2D eigenvalue weighted by molar-refractivity contribution is -0.156. The van der Waals surface area contributed by atoms with E-state index < -0.39 is 28.1 Å². The maximum Gasteiger partial charge on any atom is 0.328 e. The number of carbonyl (C=O) groups excluding carboxylic acids is 1. The second kappa shape index (κ2) is 7.31. The third-order valence-corrected chi connectivity index (χ3v) is 6.85. The predicted octanol–water partition coefficient (Wildman–Crippen LogP) is 1.85. The summed E-state index contributed by atoms with van der Waals surface area (Å²) in [6.07, 6.45) is 3.90. The van der Waals surface area contributed by atoms with Gasteiger partial charge in [-0.25, -0.2) is 13.4 Å². The zero-order valence-corrected chi connectivity index (χ0v) is 17.5. The van der Waals surface area contributed by atoms with Gasteiger partial charge in [0.05, 0.1) is 23.4 Å². The molecule has 1 amide bonds. The Kier molecular flexibility index (Phi) is 5.05.